The smallest absolute Gasteiger partial charge is 0.247 e. The molecule has 1 amide bonds. The quantitative estimate of drug-likeness (QED) is 0.401. The highest BCUT2D eigenvalue weighted by atomic mass is 16.5. The normalized spacial score (nSPS) is 12.9. The first-order valence-corrected chi connectivity index (χ1v) is 11.1. The van der Waals surface area contributed by atoms with E-state index < -0.39 is 0 Å². The van der Waals surface area contributed by atoms with Crippen LogP contribution in [0.3, 0.4) is 0 Å². The molecule has 34 heavy (non-hydrogen) atoms. The van der Waals surface area contributed by atoms with Gasteiger partial charge in [-0.25, -0.2) is 4.68 Å². The Morgan fingerprint density at radius 2 is 1.76 bits per heavy atom. The van der Waals surface area contributed by atoms with E-state index in [0.717, 1.165) is 28.3 Å². The SMILES string of the molecule is COc1ccc(C=CC(=O)N2Cc3nn(-c4cccc(C)c4)c(-n4cccc4)c3C2)cc1OC. The lowest BCUT2D eigenvalue weighted by molar-refractivity contribution is -0.126. The number of carbonyl (C=O) groups excluding carboxylic acids is 1. The first-order valence-electron chi connectivity index (χ1n) is 11.1. The van der Waals surface area contributed by atoms with Gasteiger partial charge in [0.05, 0.1) is 38.7 Å². The molecule has 7 nitrogen and oxygen atoms in total. The second kappa shape index (κ2) is 8.94. The summed E-state index contributed by atoms with van der Waals surface area (Å²) in [6, 6.07) is 17.8. The van der Waals surface area contributed by atoms with Crippen molar-refractivity contribution in [1.29, 1.82) is 0 Å². The monoisotopic (exact) mass is 454 g/mol. The van der Waals surface area contributed by atoms with Gasteiger partial charge in [0, 0.05) is 24.0 Å². The lowest BCUT2D eigenvalue weighted by Crippen LogP contribution is -2.24. The van der Waals surface area contributed by atoms with Gasteiger partial charge >= 0.3 is 0 Å². The Labute approximate surface area is 198 Å². The summed E-state index contributed by atoms with van der Waals surface area (Å²) in [6.45, 7) is 3.04. The number of methoxy groups -OCH3 is 2. The summed E-state index contributed by atoms with van der Waals surface area (Å²) >= 11 is 0. The molecule has 0 radical (unpaired) electrons. The number of amides is 1. The first-order chi connectivity index (χ1) is 16.6. The van der Waals surface area contributed by atoms with Crippen LogP contribution in [0, 0.1) is 6.92 Å². The van der Waals surface area contributed by atoms with Crippen LogP contribution >= 0.6 is 0 Å². The molecule has 2 aromatic heterocycles. The lowest BCUT2D eigenvalue weighted by Gasteiger charge is -2.16. The predicted molar refractivity (Wildman–Crippen MR) is 130 cm³/mol. The number of fused-ring (bicyclic) bond motifs is 1. The Hall–Kier alpha value is -4.26. The number of ether oxygens (including phenoxy) is 2. The highest BCUT2D eigenvalue weighted by molar-refractivity contribution is 5.92. The van der Waals surface area contributed by atoms with Gasteiger partial charge < -0.3 is 18.9 Å². The molecule has 1 aliphatic rings. The standard InChI is InChI=1S/C27H26N4O3/c1-19-7-6-8-21(15-19)31-27(29-13-4-5-14-29)22-17-30(18-23(22)28-31)26(32)12-10-20-9-11-24(33-2)25(16-20)34-3/h4-16H,17-18H2,1-3H3. The van der Waals surface area contributed by atoms with E-state index in [2.05, 4.69) is 29.7 Å². The molecule has 7 heteroatoms. The summed E-state index contributed by atoms with van der Waals surface area (Å²) in [5, 5.41) is 4.90. The summed E-state index contributed by atoms with van der Waals surface area (Å²) in [4.78, 5) is 14.8. The van der Waals surface area contributed by atoms with Gasteiger partial charge in [-0.2, -0.15) is 5.10 Å². The maximum Gasteiger partial charge on any atom is 0.247 e. The van der Waals surface area contributed by atoms with Crippen LogP contribution in [0.25, 0.3) is 17.6 Å². The van der Waals surface area contributed by atoms with Gasteiger partial charge in [-0.1, -0.05) is 18.2 Å². The largest absolute Gasteiger partial charge is 0.493 e. The predicted octanol–water partition coefficient (Wildman–Crippen LogP) is 4.54. The zero-order chi connectivity index (χ0) is 23.7. The van der Waals surface area contributed by atoms with Gasteiger partial charge in [-0.05, 0) is 60.5 Å². The summed E-state index contributed by atoms with van der Waals surface area (Å²) in [5.41, 5.74) is 5.01. The van der Waals surface area contributed by atoms with Crippen LogP contribution in [0.15, 0.2) is 73.1 Å². The van der Waals surface area contributed by atoms with E-state index in [1.165, 1.54) is 5.56 Å². The highest BCUT2D eigenvalue weighted by Crippen LogP contribution is 2.31. The van der Waals surface area contributed by atoms with Gasteiger partial charge in [-0.15, -0.1) is 0 Å². The molecule has 0 aliphatic carbocycles. The molecule has 5 rings (SSSR count). The van der Waals surface area contributed by atoms with Crippen molar-refractivity contribution < 1.29 is 14.3 Å². The fourth-order valence-corrected chi connectivity index (χ4v) is 4.27. The second-order valence-corrected chi connectivity index (χ2v) is 8.23. The average Bonchev–Trinajstić information content (AvgIpc) is 3.58. The lowest BCUT2D eigenvalue weighted by atomic mass is 10.2. The topological polar surface area (TPSA) is 61.5 Å². The molecule has 2 aromatic carbocycles. The third-order valence-electron chi connectivity index (χ3n) is 5.96. The third kappa shape index (κ3) is 3.96. The molecular formula is C27H26N4O3. The van der Waals surface area contributed by atoms with Gasteiger partial charge in [0.15, 0.2) is 11.5 Å². The number of aryl methyl sites for hydroxylation is 1. The molecule has 0 atom stereocenters. The number of nitrogens with zero attached hydrogens (tertiary/aromatic N) is 4. The molecule has 0 saturated heterocycles. The zero-order valence-electron chi connectivity index (χ0n) is 19.4. The molecule has 1 aliphatic heterocycles. The number of aromatic nitrogens is 3. The van der Waals surface area contributed by atoms with E-state index >= 15 is 0 Å². The van der Waals surface area contributed by atoms with Crippen molar-refractivity contribution in [3.63, 3.8) is 0 Å². The van der Waals surface area contributed by atoms with E-state index in [-0.39, 0.29) is 5.91 Å². The molecule has 3 heterocycles. The Morgan fingerprint density at radius 3 is 2.50 bits per heavy atom. The van der Waals surface area contributed by atoms with Crippen molar-refractivity contribution >= 4 is 12.0 Å². The molecule has 0 spiro atoms. The van der Waals surface area contributed by atoms with Crippen molar-refractivity contribution in [1.82, 2.24) is 19.2 Å². The van der Waals surface area contributed by atoms with E-state index in [1.807, 2.05) is 58.4 Å². The van der Waals surface area contributed by atoms with Crippen LogP contribution in [-0.4, -0.2) is 39.4 Å². The number of carbonyl (C=O) groups is 1. The number of hydrogen-bond donors (Lipinski definition) is 0. The highest BCUT2D eigenvalue weighted by Gasteiger charge is 2.30. The Morgan fingerprint density at radius 1 is 0.971 bits per heavy atom. The maximum atomic E-state index is 13.0. The summed E-state index contributed by atoms with van der Waals surface area (Å²) in [7, 11) is 3.19. The molecule has 4 aromatic rings. The van der Waals surface area contributed by atoms with Crippen molar-refractivity contribution in [2.45, 2.75) is 20.0 Å². The second-order valence-electron chi connectivity index (χ2n) is 8.23. The van der Waals surface area contributed by atoms with Crippen molar-refractivity contribution in [2.24, 2.45) is 0 Å². The minimum absolute atomic E-state index is 0.0617. The fourth-order valence-electron chi connectivity index (χ4n) is 4.27. The summed E-state index contributed by atoms with van der Waals surface area (Å²) in [6.07, 6.45) is 7.40. The van der Waals surface area contributed by atoms with Gasteiger partial charge in [0.25, 0.3) is 0 Å². The molecule has 172 valence electrons. The Balaban J connectivity index is 1.41. The van der Waals surface area contributed by atoms with Crippen LogP contribution in [0.5, 0.6) is 11.5 Å². The van der Waals surface area contributed by atoms with Crippen LogP contribution < -0.4 is 9.47 Å². The van der Waals surface area contributed by atoms with Gasteiger partial charge in [-0.3, -0.25) is 4.79 Å². The summed E-state index contributed by atoms with van der Waals surface area (Å²) < 4.78 is 14.7. The van der Waals surface area contributed by atoms with Gasteiger partial charge in [0.1, 0.15) is 5.82 Å². The molecule has 0 bridgehead atoms. The molecule has 0 fully saturated rings. The van der Waals surface area contributed by atoms with Crippen LogP contribution in [0.4, 0.5) is 0 Å². The minimum Gasteiger partial charge on any atom is -0.493 e. The van der Waals surface area contributed by atoms with Crippen molar-refractivity contribution in [3.8, 4) is 23.0 Å². The number of rotatable bonds is 6. The average molecular weight is 455 g/mol. The first kappa shape index (κ1) is 21.6. The summed E-state index contributed by atoms with van der Waals surface area (Å²) in [5.74, 6) is 2.18. The van der Waals surface area contributed by atoms with Crippen LogP contribution in [0.1, 0.15) is 22.4 Å². The van der Waals surface area contributed by atoms with E-state index in [9.17, 15) is 4.79 Å². The van der Waals surface area contributed by atoms with E-state index in [1.54, 1.807) is 26.4 Å². The zero-order valence-corrected chi connectivity index (χ0v) is 19.4. The fraction of sp³-hybridized carbons (Fsp3) is 0.185. The van der Waals surface area contributed by atoms with Crippen molar-refractivity contribution in [3.05, 3.63) is 95.5 Å². The van der Waals surface area contributed by atoms with Crippen LogP contribution in [0.2, 0.25) is 0 Å². The molecule has 0 unspecified atom stereocenters. The molecular weight excluding hydrogens is 428 g/mol. The Kier molecular flexibility index (Phi) is 5.67. The van der Waals surface area contributed by atoms with Gasteiger partial charge in [0.2, 0.25) is 5.91 Å². The molecule has 0 N–H and O–H groups in total. The van der Waals surface area contributed by atoms with E-state index in [4.69, 9.17) is 14.6 Å². The molecule has 0 saturated carbocycles. The van der Waals surface area contributed by atoms with Crippen molar-refractivity contribution in [2.75, 3.05) is 14.2 Å². The number of hydrogen-bond acceptors (Lipinski definition) is 4. The maximum absolute atomic E-state index is 13.0. The Bertz CT molecular complexity index is 1370. The van der Waals surface area contributed by atoms with E-state index in [0.29, 0.717) is 24.6 Å². The number of benzene rings is 2. The minimum atomic E-state index is -0.0617. The third-order valence-corrected chi connectivity index (χ3v) is 5.96. The van der Waals surface area contributed by atoms with Crippen LogP contribution in [-0.2, 0) is 17.9 Å².